The van der Waals surface area contributed by atoms with E-state index in [1.165, 1.54) is 11.8 Å². The zero-order chi connectivity index (χ0) is 18.0. The van der Waals surface area contributed by atoms with E-state index >= 15 is 0 Å². The number of hydrogen-bond acceptors (Lipinski definition) is 4. The third-order valence-electron chi connectivity index (χ3n) is 3.40. The molecule has 2 aromatic carbocycles. The second kappa shape index (κ2) is 8.26. The summed E-state index contributed by atoms with van der Waals surface area (Å²) in [5, 5.41) is 4.14. The standard InChI is InChI=1S/C17H11Cl2IN2OS2/c18-13-6-1-10(7-14(13)19)8-15-16(23)22(17(24)25-15)9-21-12-4-2-11(20)3-5-12/h1-8,21H,9H2. The molecule has 1 aliphatic rings. The Bertz CT molecular complexity index is 871. The third kappa shape index (κ3) is 4.68. The van der Waals surface area contributed by atoms with Crippen molar-refractivity contribution < 1.29 is 4.79 Å². The van der Waals surface area contributed by atoms with Crippen LogP contribution in [-0.4, -0.2) is 21.8 Å². The predicted octanol–water partition coefficient (Wildman–Crippen LogP) is 5.87. The van der Waals surface area contributed by atoms with Crippen LogP contribution < -0.4 is 5.32 Å². The summed E-state index contributed by atoms with van der Waals surface area (Å²) in [6.45, 7) is 0.323. The van der Waals surface area contributed by atoms with Crippen LogP contribution in [0.15, 0.2) is 47.4 Å². The van der Waals surface area contributed by atoms with Gasteiger partial charge < -0.3 is 5.32 Å². The minimum absolute atomic E-state index is 0.126. The van der Waals surface area contributed by atoms with Gasteiger partial charge in [0.05, 0.1) is 21.6 Å². The first-order valence-electron chi connectivity index (χ1n) is 7.14. The SMILES string of the molecule is O=C1C(=Cc2ccc(Cl)c(Cl)c2)SC(=S)N1CNc1ccc(I)cc1. The van der Waals surface area contributed by atoms with Crippen molar-refractivity contribution >= 4 is 91.8 Å². The van der Waals surface area contributed by atoms with Crippen molar-refractivity contribution in [1.29, 1.82) is 0 Å². The van der Waals surface area contributed by atoms with Crippen molar-refractivity contribution in [2.75, 3.05) is 12.0 Å². The summed E-state index contributed by atoms with van der Waals surface area (Å²) in [7, 11) is 0. The average Bonchev–Trinajstić information content (AvgIpc) is 2.84. The quantitative estimate of drug-likeness (QED) is 0.310. The minimum atomic E-state index is -0.126. The molecule has 1 fully saturated rings. The lowest BCUT2D eigenvalue weighted by molar-refractivity contribution is -0.121. The monoisotopic (exact) mass is 520 g/mol. The van der Waals surface area contributed by atoms with Crippen LogP contribution in [0.1, 0.15) is 5.56 Å². The molecule has 0 radical (unpaired) electrons. The Morgan fingerprint density at radius 3 is 2.56 bits per heavy atom. The minimum Gasteiger partial charge on any atom is -0.367 e. The lowest BCUT2D eigenvalue weighted by Gasteiger charge is -2.16. The molecule has 0 bridgehead atoms. The maximum atomic E-state index is 12.6. The molecule has 0 spiro atoms. The van der Waals surface area contributed by atoms with Crippen LogP contribution in [0.3, 0.4) is 0 Å². The molecule has 0 atom stereocenters. The van der Waals surface area contributed by atoms with E-state index in [2.05, 4.69) is 27.9 Å². The normalized spacial score (nSPS) is 16.0. The number of nitrogens with zero attached hydrogens (tertiary/aromatic N) is 1. The molecule has 25 heavy (non-hydrogen) atoms. The smallest absolute Gasteiger partial charge is 0.267 e. The molecule has 128 valence electrons. The highest BCUT2D eigenvalue weighted by Gasteiger charge is 2.31. The molecule has 3 rings (SSSR count). The molecule has 1 heterocycles. The van der Waals surface area contributed by atoms with Gasteiger partial charge in [0.1, 0.15) is 4.32 Å². The maximum absolute atomic E-state index is 12.6. The molecule has 0 unspecified atom stereocenters. The number of hydrogen-bond donors (Lipinski definition) is 1. The van der Waals surface area contributed by atoms with Gasteiger partial charge in [0, 0.05) is 9.26 Å². The summed E-state index contributed by atoms with van der Waals surface area (Å²) in [5.74, 6) is -0.126. The number of anilines is 1. The van der Waals surface area contributed by atoms with E-state index in [1.54, 1.807) is 23.1 Å². The first-order valence-corrected chi connectivity index (χ1v) is 10.2. The van der Waals surface area contributed by atoms with Gasteiger partial charge in [-0.25, -0.2) is 0 Å². The lowest BCUT2D eigenvalue weighted by Crippen LogP contribution is -2.33. The Morgan fingerprint density at radius 2 is 1.88 bits per heavy atom. The predicted molar refractivity (Wildman–Crippen MR) is 119 cm³/mol. The van der Waals surface area contributed by atoms with Crippen LogP contribution in [0.5, 0.6) is 0 Å². The van der Waals surface area contributed by atoms with Crippen molar-refractivity contribution in [3.63, 3.8) is 0 Å². The van der Waals surface area contributed by atoms with Gasteiger partial charge in [-0.2, -0.15) is 0 Å². The molecule has 2 aromatic rings. The summed E-state index contributed by atoms with van der Waals surface area (Å²) >= 11 is 20.8. The molecule has 0 aromatic heterocycles. The van der Waals surface area contributed by atoms with Gasteiger partial charge in [-0.3, -0.25) is 9.69 Å². The van der Waals surface area contributed by atoms with E-state index in [1.807, 2.05) is 30.3 Å². The van der Waals surface area contributed by atoms with Crippen molar-refractivity contribution in [2.24, 2.45) is 0 Å². The molecule has 1 saturated heterocycles. The van der Waals surface area contributed by atoms with E-state index < -0.39 is 0 Å². The Hall–Kier alpha value is -0.800. The Kier molecular flexibility index (Phi) is 6.27. The molecule has 3 nitrogen and oxygen atoms in total. The van der Waals surface area contributed by atoms with Gasteiger partial charge in [-0.1, -0.05) is 53.2 Å². The second-order valence-corrected chi connectivity index (χ2v) is 8.86. The average molecular weight is 521 g/mol. The van der Waals surface area contributed by atoms with E-state index in [0.29, 0.717) is 25.9 Å². The van der Waals surface area contributed by atoms with Crippen molar-refractivity contribution in [1.82, 2.24) is 4.90 Å². The third-order valence-corrected chi connectivity index (χ3v) is 6.24. The number of thioether (sulfide) groups is 1. The largest absolute Gasteiger partial charge is 0.367 e. The highest BCUT2D eigenvalue weighted by atomic mass is 127. The lowest BCUT2D eigenvalue weighted by atomic mass is 10.2. The number of rotatable bonds is 4. The van der Waals surface area contributed by atoms with E-state index in [-0.39, 0.29) is 5.91 Å². The van der Waals surface area contributed by atoms with E-state index in [0.717, 1.165) is 14.8 Å². The van der Waals surface area contributed by atoms with Crippen LogP contribution in [0.25, 0.3) is 6.08 Å². The number of halogens is 3. The number of thiocarbonyl (C=S) groups is 1. The van der Waals surface area contributed by atoms with E-state index in [9.17, 15) is 4.79 Å². The van der Waals surface area contributed by atoms with Gasteiger partial charge in [-0.15, -0.1) is 0 Å². The topological polar surface area (TPSA) is 32.3 Å². The van der Waals surface area contributed by atoms with Crippen LogP contribution >= 0.6 is 69.8 Å². The summed E-state index contributed by atoms with van der Waals surface area (Å²) in [5.41, 5.74) is 1.74. The fourth-order valence-electron chi connectivity index (χ4n) is 2.13. The van der Waals surface area contributed by atoms with Crippen molar-refractivity contribution in [3.8, 4) is 0 Å². The number of carbonyl (C=O) groups excluding carboxylic acids is 1. The molecular weight excluding hydrogens is 510 g/mol. The van der Waals surface area contributed by atoms with Gasteiger partial charge in [0.25, 0.3) is 5.91 Å². The number of nitrogens with one attached hydrogen (secondary N) is 1. The molecule has 1 amide bonds. The molecule has 1 aliphatic heterocycles. The fraction of sp³-hybridized carbons (Fsp3) is 0.0588. The number of carbonyl (C=O) groups is 1. The summed E-state index contributed by atoms with van der Waals surface area (Å²) in [4.78, 5) is 14.7. The van der Waals surface area contributed by atoms with Gasteiger partial charge in [0.15, 0.2) is 0 Å². The maximum Gasteiger partial charge on any atom is 0.267 e. The molecule has 8 heteroatoms. The Morgan fingerprint density at radius 1 is 1.16 bits per heavy atom. The van der Waals surface area contributed by atoms with Crippen LogP contribution in [-0.2, 0) is 4.79 Å². The number of benzene rings is 2. The Balaban J connectivity index is 1.72. The highest BCUT2D eigenvalue weighted by Crippen LogP contribution is 2.33. The number of amides is 1. The zero-order valence-corrected chi connectivity index (χ0v) is 17.9. The summed E-state index contributed by atoms with van der Waals surface area (Å²) in [6.07, 6.45) is 1.77. The summed E-state index contributed by atoms with van der Waals surface area (Å²) < 4.78 is 1.67. The molecule has 1 N–H and O–H groups in total. The van der Waals surface area contributed by atoms with E-state index in [4.69, 9.17) is 35.4 Å². The first kappa shape index (κ1) is 19.0. The second-order valence-electron chi connectivity index (χ2n) is 5.13. The molecule has 0 aliphatic carbocycles. The van der Waals surface area contributed by atoms with Crippen LogP contribution in [0.2, 0.25) is 10.0 Å². The van der Waals surface area contributed by atoms with Gasteiger partial charge in [-0.05, 0) is 70.6 Å². The fourth-order valence-corrected chi connectivity index (χ4v) is 4.05. The first-order chi connectivity index (χ1) is 11.9. The van der Waals surface area contributed by atoms with Gasteiger partial charge >= 0.3 is 0 Å². The Labute approximate surface area is 178 Å². The zero-order valence-electron chi connectivity index (χ0n) is 12.6. The van der Waals surface area contributed by atoms with Crippen LogP contribution in [0.4, 0.5) is 5.69 Å². The molecule has 0 saturated carbocycles. The van der Waals surface area contributed by atoms with Crippen LogP contribution in [0, 0.1) is 3.57 Å². The highest BCUT2D eigenvalue weighted by molar-refractivity contribution is 14.1. The van der Waals surface area contributed by atoms with Crippen molar-refractivity contribution in [3.05, 3.63) is 66.5 Å². The summed E-state index contributed by atoms with van der Waals surface area (Å²) in [6, 6.07) is 13.2. The molecular formula is C17H11Cl2IN2OS2. The van der Waals surface area contributed by atoms with Crippen molar-refractivity contribution in [2.45, 2.75) is 0 Å². The van der Waals surface area contributed by atoms with Gasteiger partial charge in [0.2, 0.25) is 0 Å².